The molecule has 1 N–H and O–H groups in total. The van der Waals surface area contributed by atoms with E-state index >= 15 is 0 Å². The van der Waals surface area contributed by atoms with Crippen LogP contribution in [0.3, 0.4) is 0 Å². The predicted octanol–water partition coefficient (Wildman–Crippen LogP) is 6.60. The lowest BCUT2D eigenvalue weighted by Gasteiger charge is -2.06. The average Bonchev–Trinajstić information content (AvgIpc) is 2.84. The first-order valence-electron chi connectivity index (χ1n) is 10.1. The Bertz CT molecular complexity index is 1450. The van der Waals surface area contributed by atoms with Crippen molar-refractivity contribution in [1.82, 2.24) is 15.0 Å². The SMILES string of the molecule is O=c1[nH]c2ccc(Cl)cc2cc1CSc1nccc(-c2ccc(-c3ccccc3)cc2)n1. The van der Waals surface area contributed by atoms with Gasteiger partial charge in [0.2, 0.25) is 0 Å². The van der Waals surface area contributed by atoms with Gasteiger partial charge >= 0.3 is 0 Å². The molecule has 0 radical (unpaired) electrons. The number of H-pyrrole nitrogens is 1. The second-order valence-corrected chi connectivity index (χ2v) is 8.69. The number of fused-ring (bicyclic) bond motifs is 1. The van der Waals surface area contributed by atoms with Gasteiger partial charge in [-0.25, -0.2) is 9.97 Å². The third kappa shape index (κ3) is 4.44. The molecule has 0 atom stereocenters. The van der Waals surface area contributed by atoms with Crippen molar-refractivity contribution in [2.75, 3.05) is 0 Å². The van der Waals surface area contributed by atoms with Crippen LogP contribution in [0.2, 0.25) is 5.02 Å². The Kier molecular flexibility index (Phi) is 5.75. The van der Waals surface area contributed by atoms with Crippen LogP contribution in [0, 0.1) is 0 Å². The van der Waals surface area contributed by atoms with Crippen LogP contribution in [-0.4, -0.2) is 15.0 Å². The molecule has 4 nitrogen and oxygen atoms in total. The lowest BCUT2D eigenvalue weighted by atomic mass is 10.0. The van der Waals surface area contributed by atoms with Crippen molar-refractivity contribution < 1.29 is 0 Å². The van der Waals surface area contributed by atoms with Gasteiger partial charge in [-0.05, 0) is 46.8 Å². The molecule has 6 heteroatoms. The van der Waals surface area contributed by atoms with Crippen molar-refractivity contribution >= 4 is 34.3 Å². The number of hydrogen-bond donors (Lipinski definition) is 1. The van der Waals surface area contributed by atoms with Gasteiger partial charge in [0.25, 0.3) is 5.56 Å². The second kappa shape index (κ2) is 8.99. The van der Waals surface area contributed by atoms with E-state index in [4.69, 9.17) is 11.6 Å². The van der Waals surface area contributed by atoms with Crippen molar-refractivity contribution in [1.29, 1.82) is 0 Å². The van der Waals surface area contributed by atoms with Gasteiger partial charge in [-0.3, -0.25) is 4.79 Å². The molecule has 156 valence electrons. The quantitative estimate of drug-likeness (QED) is 0.239. The van der Waals surface area contributed by atoms with E-state index in [0.717, 1.165) is 27.7 Å². The molecule has 0 amide bonds. The number of pyridine rings is 1. The number of nitrogens with one attached hydrogen (secondary N) is 1. The summed E-state index contributed by atoms with van der Waals surface area (Å²) in [7, 11) is 0. The Balaban J connectivity index is 1.35. The maximum atomic E-state index is 12.4. The number of aromatic amines is 1. The van der Waals surface area contributed by atoms with E-state index in [9.17, 15) is 4.79 Å². The van der Waals surface area contributed by atoms with E-state index in [0.29, 0.717) is 21.5 Å². The topological polar surface area (TPSA) is 58.6 Å². The second-order valence-electron chi connectivity index (χ2n) is 7.31. The van der Waals surface area contributed by atoms with Gasteiger partial charge in [-0.1, -0.05) is 78.0 Å². The number of benzene rings is 3. The van der Waals surface area contributed by atoms with Crippen LogP contribution >= 0.6 is 23.4 Å². The van der Waals surface area contributed by atoms with Crippen LogP contribution in [-0.2, 0) is 5.75 Å². The maximum Gasteiger partial charge on any atom is 0.252 e. The van der Waals surface area contributed by atoms with E-state index in [2.05, 4.69) is 51.4 Å². The summed E-state index contributed by atoms with van der Waals surface area (Å²) >= 11 is 7.52. The highest BCUT2D eigenvalue weighted by Gasteiger charge is 2.08. The molecule has 0 fully saturated rings. The van der Waals surface area contributed by atoms with Crippen molar-refractivity contribution in [3.63, 3.8) is 0 Å². The highest BCUT2D eigenvalue weighted by atomic mass is 35.5. The molecule has 0 saturated carbocycles. The van der Waals surface area contributed by atoms with Crippen LogP contribution < -0.4 is 5.56 Å². The fourth-order valence-electron chi connectivity index (χ4n) is 3.51. The molecule has 0 unspecified atom stereocenters. The summed E-state index contributed by atoms with van der Waals surface area (Å²) in [5.41, 5.74) is 5.53. The minimum Gasteiger partial charge on any atom is -0.322 e. The van der Waals surface area contributed by atoms with E-state index in [-0.39, 0.29) is 5.56 Å². The molecule has 3 aromatic carbocycles. The maximum absolute atomic E-state index is 12.4. The van der Waals surface area contributed by atoms with Crippen molar-refractivity contribution in [2.24, 2.45) is 0 Å². The minimum absolute atomic E-state index is 0.111. The predicted molar refractivity (Wildman–Crippen MR) is 132 cm³/mol. The summed E-state index contributed by atoms with van der Waals surface area (Å²) in [4.78, 5) is 24.4. The third-order valence-electron chi connectivity index (χ3n) is 5.16. The smallest absolute Gasteiger partial charge is 0.252 e. The van der Waals surface area contributed by atoms with E-state index in [1.807, 2.05) is 42.5 Å². The summed E-state index contributed by atoms with van der Waals surface area (Å²) in [5, 5.41) is 2.17. The summed E-state index contributed by atoms with van der Waals surface area (Å²) < 4.78 is 0. The summed E-state index contributed by atoms with van der Waals surface area (Å²) in [6.45, 7) is 0. The Hall–Kier alpha value is -3.41. The first kappa shape index (κ1) is 20.5. The lowest BCUT2D eigenvalue weighted by molar-refractivity contribution is 0.971. The lowest BCUT2D eigenvalue weighted by Crippen LogP contribution is -2.11. The molecule has 0 spiro atoms. The van der Waals surface area contributed by atoms with Gasteiger partial charge in [0.05, 0.1) is 5.69 Å². The fourth-order valence-corrected chi connectivity index (χ4v) is 4.49. The first-order chi connectivity index (χ1) is 15.7. The number of thioether (sulfide) groups is 1. The Labute approximate surface area is 194 Å². The number of hydrogen-bond acceptors (Lipinski definition) is 4. The van der Waals surface area contributed by atoms with E-state index in [1.54, 1.807) is 12.3 Å². The zero-order chi connectivity index (χ0) is 21.9. The summed E-state index contributed by atoms with van der Waals surface area (Å²) in [6.07, 6.45) is 1.75. The first-order valence-corrected chi connectivity index (χ1v) is 11.5. The zero-order valence-electron chi connectivity index (χ0n) is 17.0. The zero-order valence-corrected chi connectivity index (χ0v) is 18.5. The molecule has 0 aliphatic heterocycles. The minimum atomic E-state index is -0.111. The van der Waals surface area contributed by atoms with Crippen LogP contribution in [0.25, 0.3) is 33.3 Å². The molecule has 0 bridgehead atoms. The monoisotopic (exact) mass is 455 g/mol. The fraction of sp³-hybridized carbons (Fsp3) is 0.0385. The highest BCUT2D eigenvalue weighted by molar-refractivity contribution is 7.98. The highest BCUT2D eigenvalue weighted by Crippen LogP contribution is 2.26. The van der Waals surface area contributed by atoms with Crippen LogP contribution in [0.1, 0.15) is 5.56 Å². The molecule has 0 aliphatic rings. The summed E-state index contributed by atoms with van der Waals surface area (Å²) in [5.74, 6) is 0.466. The average molecular weight is 456 g/mol. The van der Waals surface area contributed by atoms with E-state index < -0.39 is 0 Å². The Morgan fingerprint density at radius 3 is 2.41 bits per heavy atom. The van der Waals surface area contributed by atoms with Crippen molar-refractivity contribution in [3.8, 4) is 22.4 Å². The van der Waals surface area contributed by atoms with Crippen LogP contribution in [0.5, 0.6) is 0 Å². The van der Waals surface area contributed by atoms with Gasteiger partial charge < -0.3 is 4.98 Å². The van der Waals surface area contributed by atoms with Crippen molar-refractivity contribution in [3.05, 3.63) is 112 Å². The molecule has 5 rings (SSSR count). The number of nitrogens with zero attached hydrogens (tertiary/aromatic N) is 2. The molecule has 0 saturated heterocycles. The van der Waals surface area contributed by atoms with Gasteiger partial charge in [-0.15, -0.1) is 0 Å². The third-order valence-corrected chi connectivity index (χ3v) is 6.31. The van der Waals surface area contributed by atoms with E-state index in [1.165, 1.54) is 17.3 Å². The summed E-state index contributed by atoms with van der Waals surface area (Å²) in [6, 6.07) is 27.8. The Morgan fingerprint density at radius 1 is 0.844 bits per heavy atom. The van der Waals surface area contributed by atoms with Crippen LogP contribution in [0.4, 0.5) is 0 Å². The standard InChI is InChI=1S/C26H18ClN3OS/c27-22-10-11-23-20(15-22)14-21(25(31)29-23)16-32-26-28-13-12-24(30-26)19-8-6-18(7-9-19)17-4-2-1-3-5-17/h1-15H,16H2,(H,29,31). The van der Waals surface area contributed by atoms with Crippen LogP contribution in [0.15, 0.2) is 101 Å². The molecule has 2 aromatic heterocycles. The number of rotatable bonds is 5. The Morgan fingerprint density at radius 2 is 1.59 bits per heavy atom. The van der Waals surface area contributed by atoms with Gasteiger partial charge in [0, 0.05) is 33.6 Å². The molecule has 0 aliphatic carbocycles. The number of aromatic nitrogens is 3. The molecule has 32 heavy (non-hydrogen) atoms. The normalized spacial score (nSPS) is 11.0. The van der Waals surface area contributed by atoms with Crippen molar-refractivity contribution in [2.45, 2.75) is 10.9 Å². The van der Waals surface area contributed by atoms with Gasteiger partial charge in [0.15, 0.2) is 5.16 Å². The van der Waals surface area contributed by atoms with Gasteiger partial charge in [0.1, 0.15) is 0 Å². The molecular weight excluding hydrogens is 438 g/mol. The molecule has 2 heterocycles. The number of halogens is 1. The molecule has 5 aromatic rings. The largest absolute Gasteiger partial charge is 0.322 e. The molecular formula is C26H18ClN3OS. The van der Waals surface area contributed by atoms with Gasteiger partial charge in [-0.2, -0.15) is 0 Å².